The number of hydrogen-bond donors (Lipinski definition) is 0. The zero-order valence-corrected chi connectivity index (χ0v) is 30.8. The predicted octanol–water partition coefficient (Wildman–Crippen LogP) is 9.99. The Balaban J connectivity index is 1.31. The van der Waals surface area contributed by atoms with Crippen LogP contribution in [0.15, 0.2) is 133 Å². The fourth-order valence-electron chi connectivity index (χ4n) is 6.58. The van der Waals surface area contributed by atoms with Crippen LogP contribution < -0.4 is 15.9 Å². The van der Waals surface area contributed by atoms with Crippen LogP contribution in [-0.4, -0.2) is 13.3 Å². The number of rotatable bonds is 7. The number of aromatic nitrogens is 1. The highest BCUT2D eigenvalue weighted by Crippen LogP contribution is 2.43. The molecular weight excluding hydrogens is 618 g/mol. The van der Waals surface area contributed by atoms with Gasteiger partial charge in [-0.1, -0.05) is 142 Å². The van der Waals surface area contributed by atoms with Gasteiger partial charge in [-0.3, -0.25) is 0 Å². The molecule has 242 valence electrons. The molecule has 0 spiro atoms. The minimum absolute atomic E-state index is 0.0776. The lowest BCUT2D eigenvalue weighted by Crippen LogP contribution is -2.42. The SMILES string of the molecule is CC(C)(C)[Si](C)(C)O[C@H](c1ccc2ccccc2n1)c1cc2ccc1CCc1ccc(c(P(c3ccccc3)c3ccccc3)c1)CC2. The highest BCUT2D eigenvalue weighted by molar-refractivity contribution is 7.79. The monoisotopic (exact) mass is 663 g/mol. The van der Waals surface area contributed by atoms with Crippen molar-refractivity contribution in [3.05, 3.63) is 167 Å². The van der Waals surface area contributed by atoms with E-state index in [9.17, 15) is 0 Å². The van der Waals surface area contributed by atoms with Crippen LogP contribution in [0.4, 0.5) is 0 Å². The molecular formula is C44H46NOPSi. The number of aryl methyl sites for hydroxylation is 4. The molecule has 1 aromatic heterocycles. The Bertz CT molecular complexity index is 1990. The molecule has 0 fully saturated rings. The lowest BCUT2D eigenvalue weighted by Gasteiger charge is -2.39. The standard InChI is InChI=1S/C44H46NOPSi/c1-44(2,3)48(4,5)46-43(41-29-28-35-14-12-13-19-40(35)45-41)39-30-32-20-24-34(39)25-21-33-23-27-36(26-22-32)42(31-33)47(37-15-8-6-9-16-37)38-17-10-7-11-18-38/h6-20,23-24,27-31,43H,21-22,25-26H2,1-5H3/t43-/m0/s1. The maximum Gasteiger partial charge on any atom is 0.193 e. The van der Waals surface area contributed by atoms with Crippen LogP contribution in [0.1, 0.15) is 60.4 Å². The topological polar surface area (TPSA) is 22.1 Å². The lowest BCUT2D eigenvalue weighted by molar-refractivity contribution is 0.217. The van der Waals surface area contributed by atoms with Crippen LogP contribution in [0.2, 0.25) is 18.1 Å². The van der Waals surface area contributed by atoms with Gasteiger partial charge in [0, 0.05) is 5.39 Å². The number of pyridine rings is 1. The third-order valence-electron chi connectivity index (χ3n) is 10.4. The van der Waals surface area contributed by atoms with Gasteiger partial charge in [0.2, 0.25) is 0 Å². The van der Waals surface area contributed by atoms with E-state index in [1.165, 1.54) is 43.7 Å². The minimum Gasteiger partial charge on any atom is -0.404 e. The highest BCUT2D eigenvalue weighted by Gasteiger charge is 2.40. The molecule has 5 aromatic carbocycles. The van der Waals surface area contributed by atoms with E-state index in [1.54, 1.807) is 0 Å². The van der Waals surface area contributed by atoms with E-state index in [1.807, 2.05) is 0 Å². The molecule has 48 heavy (non-hydrogen) atoms. The van der Waals surface area contributed by atoms with Crippen molar-refractivity contribution in [2.45, 2.75) is 70.7 Å². The molecule has 0 radical (unpaired) electrons. The molecule has 4 aliphatic rings. The Kier molecular flexibility index (Phi) is 9.22. The summed E-state index contributed by atoms with van der Waals surface area (Å²) in [6, 6.07) is 49.6. The first-order valence-electron chi connectivity index (χ1n) is 17.3. The number of benzene rings is 5. The molecule has 0 amide bonds. The first-order valence-corrected chi connectivity index (χ1v) is 21.6. The van der Waals surface area contributed by atoms with E-state index >= 15 is 0 Å². The highest BCUT2D eigenvalue weighted by atomic mass is 31.1. The molecule has 4 bridgehead atoms. The summed E-state index contributed by atoms with van der Waals surface area (Å²) in [7, 11) is -2.82. The Labute approximate surface area is 289 Å². The zero-order chi connectivity index (χ0) is 33.3. The van der Waals surface area contributed by atoms with Crippen molar-refractivity contribution < 1.29 is 4.43 Å². The molecule has 4 aliphatic carbocycles. The van der Waals surface area contributed by atoms with Gasteiger partial charge in [-0.2, -0.15) is 0 Å². The van der Waals surface area contributed by atoms with E-state index < -0.39 is 16.2 Å². The normalized spacial score (nSPS) is 14.2. The van der Waals surface area contributed by atoms with E-state index in [0.717, 1.165) is 42.3 Å². The van der Waals surface area contributed by atoms with Gasteiger partial charge >= 0.3 is 0 Å². The van der Waals surface area contributed by atoms with Crippen LogP contribution in [0.3, 0.4) is 0 Å². The van der Waals surface area contributed by atoms with Crippen LogP contribution in [0, 0.1) is 0 Å². The van der Waals surface area contributed by atoms with Gasteiger partial charge in [0.25, 0.3) is 0 Å². The van der Waals surface area contributed by atoms with Gasteiger partial charge in [0.05, 0.1) is 11.2 Å². The first-order chi connectivity index (χ1) is 23.2. The van der Waals surface area contributed by atoms with Gasteiger partial charge < -0.3 is 4.43 Å². The Morgan fingerprint density at radius 1 is 0.625 bits per heavy atom. The van der Waals surface area contributed by atoms with Crippen molar-refractivity contribution in [1.82, 2.24) is 4.98 Å². The van der Waals surface area contributed by atoms with Crippen LogP contribution >= 0.6 is 7.92 Å². The third-order valence-corrected chi connectivity index (χ3v) is 17.3. The van der Waals surface area contributed by atoms with Crippen LogP contribution in [-0.2, 0) is 30.1 Å². The molecule has 6 aromatic rings. The van der Waals surface area contributed by atoms with Gasteiger partial charge in [-0.25, -0.2) is 4.98 Å². The van der Waals surface area contributed by atoms with Crippen molar-refractivity contribution in [3.63, 3.8) is 0 Å². The largest absolute Gasteiger partial charge is 0.404 e. The van der Waals surface area contributed by atoms with Crippen molar-refractivity contribution in [3.8, 4) is 0 Å². The summed E-state index contributed by atoms with van der Waals surface area (Å²) in [6.45, 7) is 11.7. The van der Waals surface area contributed by atoms with E-state index in [2.05, 4.69) is 167 Å². The molecule has 0 saturated carbocycles. The van der Waals surface area contributed by atoms with Crippen molar-refractivity contribution >= 4 is 43.1 Å². The lowest BCUT2D eigenvalue weighted by atomic mass is 9.90. The maximum atomic E-state index is 7.37. The Morgan fingerprint density at radius 3 is 1.88 bits per heavy atom. The second-order valence-electron chi connectivity index (χ2n) is 14.7. The summed E-state index contributed by atoms with van der Waals surface area (Å²) < 4.78 is 7.37. The maximum absolute atomic E-state index is 7.37. The second kappa shape index (κ2) is 13.6. The number of para-hydroxylation sites is 1. The number of fused-ring (bicyclic) bond motifs is 1. The first kappa shape index (κ1) is 32.7. The van der Waals surface area contributed by atoms with E-state index in [0.29, 0.717) is 0 Å². The average Bonchev–Trinajstić information content (AvgIpc) is 3.09. The average molecular weight is 664 g/mol. The summed E-state index contributed by atoms with van der Waals surface area (Å²) in [5.74, 6) is 0. The molecule has 1 heterocycles. The molecule has 2 nitrogen and oxygen atoms in total. The van der Waals surface area contributed by atoms with Crippen molar-refractivity contribution in [2.75, 3.05) is 0 Å². The fraction of sp³-hybridized carbons (Fsp3) is 0.250. The third kappa shape index (κ3) is 6.83. The quantitative estimate of drug-likeness (QED) is 0.125. The minimum atomic E-state index is -2.15. The Hall–Kier alpha value is -3.88. The molecule has 0 aliphatic heterocycles. The molecule has 0 N–H and O–H groups in total. The van der Waals surface area contributed by atoms with Crippen LogP contribution in [0.25, 0.3) is 10.9 Å². The fourth-order valence-corrected chi connectivity index (χ4v) is 10.3. The summed E-state index contributed by atoms with van der Waals surface area (Å²) in [5, 5.41) is 5.54. The smallest absolute Gasteiger partial charge is 0.193 e. The summed E-state index contributed by atoms with van der Waals surface area (Å²) >= 11 is 0. The second-order valence-corrected chi connectivity index (χ2v) is 21.6. The number of nitrogens with zero attached hydrogens (tertiary/aromatic N) is 1. The van der Waals surface area contributed by atoms with E-state index in [-0.39, 0.29) is 11.1 Å². The van der Waals surface area contributed by atoms with Gasteiger partial charge in [0.15, 0.2) is 8.32 Å². The van der Waals surface area contributed by atoms with Gasteiger partial charge in [-0.15, -0.1) is 0 Å². The van der Waals surface area contributed by atoms with Crippen molar-refractivity contribution in [2.24, 2.45) is 0 Å². The molecule has 1 atom stereocenters. The molecule has 10 rings (SSSR count). The summed E-state index contributed by atoms with van der Waals surface area (Å²) in [6.07, 6.45) is 3.69. The van der Waals surface area contributed by atoms with Gasteiger partial charge in [0.1, 0.15) is 6.10 Å². The molecule has 4 heteroatoms. The molecule has 0 saturated heterocycles. The van der Waals surface area contributed by atoms with Crippen LogP contribution in [0.5, 0.6) is 0 Å². The van der Waals surface area contributed by atoms with Crippen molar-refractivity contribution in [1.29, 1.82) is 0 Å². The summed E-state index contributed by atoms with van der Waals surface area (Å²) in [5.41, 5.74) is 8.88. The number of hydrogen-bond acceptors (Lipinski definition) is 2. The van der Waals surface area contributed by atoms with E-state index in [4.69, 9.17) is 9.41 Å². The summed E-state index contributed by atoms with van der Waals surface area (Å²) in [4.78, 5) is 5.24. The molecule has 0 unspecified atom stereocenters. The predicted molar refractivity (Wildman–Crippen MR) is 208 cm³/mol. The van der Waals surface area contributed by atoms with Gasteiger partial charge in [-0.05, 0) is 108 Å². The zero-order valence-electron chi connectivity index (χ0n) is 28.9. The Morgan fingerprint density at radius 2 is 1.21 bits per heavy atom.